The lowest BCUT2D eigenvalue weighted by Gasteiger charge is -2.25. The molecule has 0 aromatic heterocycles. The number of ether oxygens (including phenoxy) is 1. The highest BCUT2D eigenvalue weighted by Crippen LogP contribution is 2.21. The zero-order valence-corrected chi connectivity index (χ0v) is 13.7. The molecule has 0 radical (unpaired) electrons. The molecule has 1 atom stereocenters. The largest absolute Gasteiger partial charge is 0.449 e. The molecule has 126 valence electrons. The van der Waals surface area contributed by atoms with Gasteiger partial charge in [0, 0.05) is 13.1 Å². The molecular formula is C15H20N2O5S. The summed E-state index contributed by atoms with van der Waals surface area (Å²) in [7, 11) is -3.53. The van der Waals surface area contributed by atoms with E-state index in [4.69, 9.17) is 10.5 Å². The first-order chi connectivity index (χ1) is 10.8. The molecule has 1 aliphatic rings. The number of nitrogens with two attached hydrogens (primary N) is 1. The number of hydrogen-bond acceptors (Lipinski definition) is 5. The molecule has 1 saturated heterocycles. The Balaban J connectivity index is 2.12. The number of rotatable bonds is 5. The Hall–Kier alpha value is -1.93. The molecule has 1 aromatic rings. The van der Waals surface area contributed by atoms with Crippen molar-refractivity contribution in [3.8, 4) is 0 Å². The second-order valence-corrected chi connectivity index (χ2v) is 7.38. The molecule has 1 heterocycles. The van der Waals surface area contributed by atoms with E-state index in [1.165, 1.54) is 35.5 Å². The SMILES string of the molecule is C[C@H](OC(=O)c1ccc(S(=O)(=O)N2CCCCC2)cc1)C(N)=O. The number of amides is 1. The quantitative estimate of drug-likeness (QED) is 0.801. The van der Waals surface area contributed by atoms with Crippen LogP contribution >= 0.6 is 0 Å². The van der Waals surface area contributed by atoms with Crippen LogP contribution in [0.1, 0.15) is 36.5 Å². The van der Waals surface area contributed by atoms with Crippen molar-refractivity contribution in [1.29, 1.82) is 0 Å². The number of carbonyl (C=O) groups is 2. The van der Waals surface area contributed by atoms with Gasteiger partial charge in [-0.15, -0.1) is 0 Å². The van der Waals surface area contributed by atoms with Gasteiger partial charge in [0.05, 0.1) is 10.5 Å². The van der Waals surface area contributed by atoms with Crippen molar-refractivity contribution in [2.24, 2.45) is 5.73 Å². The number of carbonyl (C=O) groups excluding carboxylic acids is 2. The average molecular weight is 340 g/mol. The fourth-order valence-electron chi connectivity index (χ4n) is 2.30. The monoisotopic (exact) mass is 340 g/mol. The summed E-state index contributed by atoms with van der Waals surface area (Å²) in [4.78, 5) is 22.9. The van der Waals surface area contributed by atoms with Gasteiger partial charge in [0.2, 0.25) is 10.0 Å². The molecule has 0 aliphatic carbocycles. The normalized spacial score (nSPS) is 17.4. The fourth-order valence-corrected chi connectivity index (χ4v) is 3.82. The summed E-state index contributed by atoms with van der Waals surface area (Å²) in [6.07, 6.45) is 1.71. The van der Waals surface area contributed by atoms with E-state index in [-0.39, 0.29) is 10.5 Å². The zero-order chi connectivity index (χ0) is 17.0. The predicted octanol–water partition coefficient (Wildman–Crippen LogP) is 0.892. The van der Waals surface area contributed by atoms with E-state index in [0.717, 1.165) is 19.3 Å². The average Bonchev–Trinajstić information content (AvgIpc) is 2.55. The molecule has 8 heteroatoms. The van der Waals surface area contributed by atoms with E-state index in [1.54, 1.807) is 0 Å². The summed E-state index contributed by atoms with van der Waals surface area (Å²) in [5.74, 6) is -1.47. The van der Waals surface area contributed by atoms with Crippen LogP contribution in [-0.4, -0.2) is 43.8 Å². The summed E-state index contributed by atoms with van der Waals surface area (Å²) < 4.78 is 31.3. The van der Waals surface area contributed by atoms with Crippen molar-refractivity contribution in [2.75, 3.05) is 13.1 Å². The van der Waals surface area contributed by atoms with Crippen LogP contribution in [0.25, 0.3) is 0 Å². The lowest BCUT2D eigenvalue weighted by atomic mass is 10.2. The van der Waals surface area contributed by atoms with E-state index in [9.17, 15) is 18.0 Å². The Morgan fingerprint density at radius 2 is 1.70 bits per heavy atom. The Morgan fingerprint density at radius 1 is 1.13 bits per heavy atom. The lowest BCUT2D eigenvalue weighted by molar-refractivity contribution is -0.125. The summed E-state index contributed by atoms with van der Waals surface area (Å²) in [6, 6.07) is 5.48. The van der Waals surface area contributed by atoms with E-state index in [0.29, 0.717) is 13.1 Å². The van der Waals surface area contributed by atoms with Crippen LogP contribution < -0.4 is 5.73 Å². The van der Waals surface area contributed by atoms with Crippen LogP contribution in [0.15, 0.2) is 29.2 Å². The number of nitrogens with zero attached hydrogens (tertiary/aromatic N) is 1. The number of piperidine rings is 1. The second kappa shape index (κ2) is 7.10. The molecule has 0 saturated carbocycles. The van der Waals surface area contributed by atoms with Crippen LogP contribution in [0.5, 0.6) is 0 Å². The summed E-state index contributed by atoms with van der Waals surface area (Å²) >= 11 is 0. The molecule has 0 unspecified atom stereocenters. The van der Waals surface area contributed by atoms with Crippen molar-refractivity contribution in [1.82, 2.24) is 4.31 Å². The van der Waals surface area contributed by atoms with Crippen molar-refractivity contribution in [3.05, 3.63) is 29.8 Å². The van der Waals surface area contributed by atoms with Crippen LogP contribution in [0.3, 0.4) is 0 Å². The van der Waals surface area contributed by atoms with Gasteiger partial charge in [-0.25, -0.2) is 13.2 Å². The standard InChI is InChI=1S/C15H20N2O5S/c1-11(14(16)18)22-15(19)12-5-7-13(8-6-12)23(20,21)17-9-3-2-4-10-17/h5-8,11H,2-4,9-10H2,1H3,(H2,16,18)/t11-/m0/s1. The molecule has 2 N–H and O–H groups in total. The van der Waals surface area contributed by atoms with Gasteiger partial charge in [0.1, 0.15) is 0 Å². The number of primary amides is 1. The predicted molar refractivity (Wildman–Crippen MR) is 83.1 cm³/mol. The maximum absolute atomic E-state index is 12.5. The minimum atomic E-state index is -3.53. The van der Waals surface area contributed by atoms with Crippen molar-refractivity contribution < 1.29 is 22.7 Å². The fraction of sp³-hybridized carbons (Fsp3) is 0.467. The molecule has 7 nitrogen and oxygen atoms in total. The van der Waals surface area contributed by atoms with Crippen molar-refractivity contribution >= 4 is 21.9 Å². The van der Waals surface area contributed by atoms with Crippen LogP contribution in [0.2, 0.25) is 0 Å². The molecule has 23 heavy (non-hydrogen) atoms. The third-order valence-corrected chi connectivity index (χ3v) is 5.64. The third kappa shape index (κ3) is 4.08. The molecule has 1 fully saturated rings. The van der Waals surface area contributed by atoms with E-state index >= 15 is 0 Å². The molecule has 0 spiro atoms. The van der Waals surface area contributed by atoms with Gasteiger partial charge in [-0.1, -0.05) is 6.42 Å². The Morgan fingerprint density at radius 3 is 2.22 bits per heavy atom. The number of sulfonamides is 1. The van der Waals surface area contributed by atoms with Gasteiger partial charge in [-0.3, -0.25) is 4.79 Å². The van der Waals surface area contributed by atoms with Gasteiger partial charge in [0.15, 0.2) is 6.10 Å². The smallest absolute Gasteiger partial charge is 0.338 e. The zero-order valence-electron chi connectivity index (χ0n) is 12.9. The van der Waals surface area contributed by atoms with Gasteiger partial charge >= 0.3 is 5.97 Å². The second-order valence-electron chi connectivity index (χ2n) is 5.44. The van der Waals surface area contributed by atoms with Crippen molar-refractivity contribution in [3.63, 3.8) is 0 Å². The van der Waals surface area contributed by atoms with Crippen LogP contribution in [0.4, 0.5) is 0 Å². The molecule has 0 bridgehead atoms. The summed E-state index contributed by atoms with van der Waals surface area (Å²) in [5.41, 5.74) is 5.19. The van der Waals surface area contributed by atoms with E-state index in [1.807, 2.05) is 0 Å². The Kier molecular flexibility index (Phi) is 5.38. The molecule has 1 aliphatic heterocycles. The summed E-state index contributed by atoms with van der Waals surface area (Å²) in [5, 5.41) is 0. The minimum absolute atomic E-state index is 0.138. The summed E-state index contributed by atoms with van der Waals surface area (Å²) in [6.45, 7) is 2.40. The highest BCUT2D eigenvalue weighted by molar-refractivity contribution is 7.89. The maximum atomic E-state index is 12.5. The first kappa shape index (κ1) is 17.4. The Bertz CT molecular complexity index is 678. The van der Waals surface area contributed by atoms with Gasteiger partial charge in [0.25, 0.3) is 5.91 Å². The molecule has 1 aromatic carbocycles. The van der Waals surface area contributed by atoms with E-state index in [2.05, 4.69) is 0 Å². The number of benzene rings is 1. The van der Waals surface area contributed by atoms with Gasteiger partial charge in [-0.05, 0) is 44.0 Å². The van der Waals surface area contributed by atoms with Gasteiger partial charge in [-0.2, -0.15) is 4.31 Å². The maximum Gasteiger partial charge on any atom is 0.338 e. The lowest BCUT2D eigenvalue weighted by Crippen LogP contribution is -2.35. The highest BCUT2D eigenvalue weighted by Gasteiger charge is 2.26. The van der Waals surface area contributed by atoms with Crippen LogP contribution in [-0.2, 0) is 19.6 Å². The molecule has 1 amide bonds. The molecular weight excluding hydrogens is 320 g/mol. The minimum Gasteiger partial charge on any atom is -0.449 e. The van der Waals surface area contributed by atoms with Crippen molar-refractivity contribution in [2.45, 2.75) is 37.2 Å². The number of hydrogen-bond donors (Lipinski definition) is 1. The third-order valence-electron chi connectivity index (χ3n) is 3.73. The topological polar surface area (TPSA) is 107 Å². The van der Waals surface area contributed by atoms with Gasteiger partial charge < -0.3 is 10.5 Å². The first-order valence-corrected chi connectivity index (χ1v) is 8.87. The number of esters is 1. The van der Waals surface area contributed by atoms with Crippen LogP contribution in [0, 0.1) is 0 Å². The molecule has 2 rings (SSSR count). The first-order valence-electron chi connectivity index (χ1n) is 7.43. The van der Waals surface area contributed by atoms with E-state index < -0.39 is 28.0 Å². The highest BCUT2D eigenvalue weighted by atomic mass is 32.2. The Labute approximate surface area is 135 Å².